The molecule has 2 atom stereocenters. The van der Waals surface area contributed by atoms with Crippen LogP contribution in [-0.2, 0) is 11.2 Å². The molecule has 3 rings (SSSR count). The van der Waals surface area contributed by atoms with Crippen LogP contribution in [0.5, 0.6) is 0 Å². The van der Waals surface area contributed by atoms with Crippen molar-refractivity contribution in [2.75, 3.05) is 6.61 Å². The largest absolute Gasteiger partial charge is 0.465 e. The van der Waals surface area contributed by atoms with Crippen molar-refractivity contribution in [3.63, 3.8) is 0 Å². The van der Waals surface area contributed by atoms with Crippen molar-refractivity contribution in [1.29, 1.82) is 5.41 Å². The van der Waals surface area contributed by atoms with Gasteiger partial charge in [-0.15, -0.1) is 0 Å². The molecule has 0 spiro atoms. The molecule has 5 nitrogen and oxygen atoms in total. The number of fused-ring (bicyclic) bond motifs is 1. The van der Waals surface area contributed by atoms with Gasteiger partial charge >= 0.3 is 0 Å². The number of benzene rings is 1. The van der Waals surface area contributed by atoms with Crippen molar-refractivity contribution >= 4 is 6.02 Å². The highest BCUT2D eigenvalue weighted by Crippen LogP contribution is 2.41. The Balaban J connectivity index is 1.91. The molecule has 1 aromatic carbocycles. The molecule has 0 saturated carbocycles. The van der Waals surface area contributed by atoms with E-state index < -0.39 is 6.17 Å². The van der Waals surface area contributed by atoms with Crippen LogP contribution in [0.4, 0.5) is 4.39 Å². The Labute approximate surface area is 127 Å². The van der Waals surface area contributed by atoms with Gasteiger partial charge in [0.25, 0.3) is 6.02 Å². The number of nitrogens with zero attached hydrogens (tertiary/aromatic N) is 2. The van der Waals surface area contributed by atoms with Gasteiger partial charge in [-0.1, -0.05) is 18.2 Å². The van der Waals surface area contributed by atoms with Gasteiger partial charge in [0, 0.05) is 23.9 Å². The summed E-state index contributed by atoms with van der Waals surface area (Å²) in [7, 11) is 0. The fraction of sp³-hybridized carbons (Fsp3) is 0.312. The molecule has 0 saturated heterocycles. The van der Waals surface area contributed by atoms with Crippen molar-refractivity contribution in [3.8, 4) is 11.1 Å². The summed E-state index contributed by atoms with van der Waals surface area (Å²) in [6.45, 7) is 0.134. The lowest BCUT2D eigenvalue weighted by Crippen LogP contribution is -2.26. The van der Waals surface area contributed by atoms with Crippen LogP contribution < -0.4 is 5.73 Å². The molecular formula is C16H17FN4O. The highest BCUT2D eigenvalue weighted by atomic mass is 19.1. The first-order valence-corrected chi connectivity index (χ1v) is 7.15. The zero-order chi connectivity index (χ0) is 15.5. The van der Waals surface area contributed by atoms with E-state index >= 15 is 0 Å². The zero-order valence-corrected chi connectivity index (χ0v) is 12.0. The van der Waals surface area contributed by atoms with Crippen LogP contribution >= 0.6 is 0 Å². The second-order valence-electron chi connectivity index (χ2n) is 5.38. The first-order valence-electron chi connectivity index (χ1n) is 7.15. The van der Waals surface area contributed by atoms with Gasteiger partial charge in [-0.25, -0.2) is 14.4 Å². The molecule has 2 unspecified atom stereocenters. The maximum atomic E-state index is 14.8. The van der Waals surface area contributed by atoms with Crippen LogP contribution in [-0.4, -0.2) is 22.6 Å². The molecule has 0 amide bonds. The summed E-state index contributed by atoms with van der Waals surface area (Å²) in [5.41, 5.74) is 8.74. The third kappa shape index (κ3) is 2.77. The number of amidine groups is 1. The molecule has 6 heteroatoms. The summed E-state index contributed by atoms with van der Waals surface area (Å²) in [5, 5.41) is 7.09. The van der Waals surface area contributed by atoms with Gasteiger partial charge in [0.15, 0.2) is 0 Å². The number of alkyl halides is 1. The molecule has 1 aromatic heterocycles. The Morgan fingerprint density at radius 2 is 2.14 bits per heavy atom. The maximum Gasteiger partial charge on any atom is 0.279 e. The minimum absolute atomic E-state index is 0.134. The molecule has 1 aliphatic carbocycles. The van der Waals surface area contributed by atoms with Gasteiger partial charge in [0.05, 0.1) is 6.61 Å². The first kappa shape index (κ1) is 14.4. The van der Waals surface area contributed by atoms with Crippen LogP contribution in [0.25, 0.3) is 11.1 Å². The molecule has 0 radical (unpaired) electrons. The van der Waals surface area contributed by atoms with E-state index in [4.69, 9.17) is 15.9 Å². The van der Waals surface area contributed by atoms with Crippen molar-refractivity contribution in [1.82, 2.24) is 9.97 Å². The van der Waals surface area contributed by atoms with Crippen molar-refractivity contribution < 1.29 is 9.13 Å². The van der Waals surface area contributed by atoms with Crippen molar-refractivity contribution in [2.24, 2.45) is 11.7 Å². The van der Waals surface area contributed by atoms with Crippen molar-refractivity contribution in [3.05, 3.63) is 48.0 Å². The number of nitrogens with two attached hydrogens (primary N) is 1. The van der Waals surface area contributed by atoms with Gasteiger partial charge in [-0.3, -0.25) is 5.41 Å². The second kappa shape index (κ2) is 6.09. The van der Waals surface area contributed by atoms with Gasteiger partial charge in [-0.2, -0.15) is 0 Å². The van der Waals surface area contributed by atoms with Crippen LogP contribution in [0, 0.1) is 11.3 Å². The molecule has 22 heavy (non-hydrogen) atoms. The third-order valence-corrected chi connectivity index (χ3v) is 4.01. The normalized spacial score (nSPS) is 20.2. The molecule has 1 aliphatic rings. The Kier molecular flexibility index (Phi) is 4.00. The summed E-state index contributed by atoms with van der Waals surface area (Å²) in [6.07, 6.45) is 5.25. The summed E-state index contributed by atoms with van der Waals surface area (Å²) < 4.78 is 19.7. The van der Waals surface area contributed by atoms with E-state index in [1.807, 2.05) is 18.2 Å². The summed E-state index contributed by atoms with van der Waals surface area (Å²) in [4.78, 5) is 8.06. The van der Waals surface area contributed by atoms with E-state index in [2.05, 4.69) is 9.97 Å². The number of halogens is 1. The third-order valence-electron chi connectivity index (χ3n) is 4.01. The topological polar surface area (TPSA) is 84.9 Å². The van der Waals surface area contributed by atoms with Crippen molar-refractivity contribution in [2.45, 2.75) is 19.0 Å². The molecule has 0 bridgehead atoms. The fourth-order valence-electron chi connectivity index (χ4n) is 2.95. The average Bonchev–Trinajstić information content (AvgIpc) is 2.54. The molecule has 0 fully saturated rings. The number of aromatic nitrogens is 2. The number of nitrogens with one attached hydrogen (secondary N) is 1. The summed E-state index contributed by atoms with van der Waals surface area (Å²) in [6, 6.07) is 5.26. The summed E-state index contributed by atoms with van der Waals surface area (Å²) in [5.74, 6) is -0.279. The predicted molar refractivity (Wildman–Crippen MR) is 81.0 cm³/mol. The number of rotatable bonds is 3. The van der Waals surface area contributed by atoms with Gasteiger partial charge < -0.3 is 10.5 Å². The molecule has 1 heterocycles. The molecule has 114 valence electrons. The first-order chi connectivity index (χ1) is 10.7. The van der Waals surface area contributed by atoms with E-state index in [1.54, 1.807) is 12.4 Å². The zero-order valence-electron chi connectivity index (χ0n) is 12.0. The predicted octanol–water partition coefficient (Wildman–Crippen LogP) is 2.63. The maximum absolute atomic E-state index is 14.8. The lowest BCUT2D eigenvalue weighted by Gasteiger charge is -2.29. The molecular weight excluding hydrogens is 283 g/mol. The van der Waals surface area contributed by atoms with Crippen LogP contribution in [0.15, 0.2) is 36.9 Å². The highest BCUT2D eigenvalue weighted by Gasteiger charge is 2.31. The van der Waals surface area contributed by atoms with Crippen LogP contribution in [0.2, 0.25) is 0 Å². The van der Waals surface area contributed by atoms with E-state index in [0.29, 0.717) is 12.0 Å². The van der Waals surface area contributed by atoms with Gasteiger partial charge in [0.2, 0.25) is 0 Å². The Morgan fingerprint density at radius 1 is 1.36 bits per heavy atom. The lowest BCUT2D eigenvalue weighted by molar-refractivity contribution is 0.128. The number of ether oxygens (including phenoxy) is 1. The minimum atomic E-state index is -1.12. The monoisotopic (exact) mass is 300 g/mol. The van der Waals surface area contributed by atoms with E-state index in [0.717, 1.165) is 23.1 Å². The van der Waals surface area contributed by atoms with Crippen LogP contribution in [0.1, 0.15) is 23.7 Å². The Hall–Kier alpha value is -2.50. The Bertz CT molecular complexity index is 677. The standard InChI is InChI=1S/C16H17FN4O/c17-15-10(8-22-16(18)19)4-5-13-12(2-1-3-14(13)15)11-6-20-9-21-7-11/h1-3,6-7,9-10,15H,4-5,8H2,(H3,18,19). The second-order valence-corrected chi connectivity index (χ2v) is 5.38. The minimum Gasteiger partial charge on any atom is -0.465 e. The van der Waals surface area contributed by atoms with Gasteiger partial charge in [-0.05, 0) is 29.5 Å². The van der Waals surface area contributed by atoms with Gasteiger partial charge in [0.1, 0.15) is 12.5 Å². The van der Waals surface area contributed by atoms with E-state index in [-0.39, 0.29) is 18.5 Å². The molecule has 0 aliphatic heterocycles. The molecule has 2 aromatic rings. The summed E-state index contributed by atoms with van der Waals surface area (Å²) >= 11 is 0. The average molecular weight is 300 g/mol. The number of hydrogen-bond donors (Lipinski definition) is 2. The molecule has 3 N–H and O–H groups in total. The van der Waals surface area contributed by atoms with E-state index in [1.165, 1.54) is 6.33 Å². The Morgan fingerprint density at radius 3 is 2.86 bits per heavy atom. The number of hydrogen-bond acceptors (Lipinski definition) is 4. The quantitative estimate of drug-likeness (QED) is 0.674. The van der Waals surface area contributed by atoms with E-state index in [9.17, 15) is 4.39 Å². The lowest BCUT2D eigenvalue weighted by atomic mass is 9.80. The fourth-order valence-corrected chi connectivity index (χ4v) is 2.95. The highest BCUT2D eigenvalue weighted by molar-refractivity contribution is 5.68. The van der Waals surface area contributed by atoms with Crippen LogP contribution in [0.3, 0.4) is 0 Å². The SMILES string of the molecule is N=C(N)OCC1CCc2c(-c3cncnc3)cccc2C1F. The smallest absolute Gasteiger partial charge is 0.279 e.